The summed E-state index contributed by atoms with van der Waals surface area (Å²) in [5.74, 6) is -2.57. The Balaban J connectivity index is 2.40. The van der Waals surface area contributed by atoms with Gasteiger partial charge < -0.3 is 9.67 Å². The van der Waals surface area contributed by atoms with Crippen molar-refractivity contribution in [2.24, 2.45) is 0 Å². The first-order valence-electron chi connectivity index (χ1n) is 5.59. The number of hydrogen-bond acceptors (Lipinski definition) is 2. The normalized spacial score (nSPS) is 14.1. The van der Waals surface area contributed by atoms with Gasteiger partial charge in [0.05, 0.1) is 6.33 Å². The van der Waals surface area contributed by atoms with Crippen molar-refractivity contribution in [2.75, 3.05) is 0 Å². The number of carbonyl (C=O) groups is 1. The first-order valence-corrected chi connectivity index (χ1v) is 5.59. The summed E-state index contributed by atoms with van der Waals surface area (Å²) in [5, 5.41) is 9.37. The number of carboxylic acid groups (broad SMARTS) is 1. The van der Waals surface area contributed by atoms with E-state index < -0.39 is 23.1 Å². The molecule has 4 nitrogen and oxygen atoms in total. The van der Waals surface area contributed by atoms with Gasteiger partial charge in [0.15, 0.2) is 0 Å². The van der Waals surface area contributed by atoms with Crippen LogP contribution >= 0.6 is 0 Å². The van der Waals surface area contributed by atoms with Crippen molar-refractivity contribution in [3.05, 3.63) is 54.1 Å². The Morgan fingerprint density at radius 3 is 2.74 bits per heavy atom. The van der Waals surface area contributed by atoms with Crippen molar-refractivity contribution in [3.63, 3.8) is 0 Å². The molecule has 0 spiro atoms. The standard InChI is InChI=1S/C13H12F2N2O2/c1-13(12(18)19,17-5-4-16-8-17)7-9-2-3-10(14)6-11(9)15/h2-6,8H,7H2,1H3,(H,18,19). The molecule has 1 heterocycles. The Morgan fingerprint density at radius 2 is 2.21 bits per heavy atom. The first-order chi connectivity index (χ1) is 8.93. The minimum Gasteiger partial charge on any atom is -0.479 e. The fraction of sp³-hybridized carbons (Fsp3) is 0.231. The van der Waals surface area contributed by atoms with Gasteiger partial charge in [-0.15, -0.1) is 0 Å². The zero-order valence-corrected chi connectivity index (χ0v) is 10.2. The molecule has 6 heteroatoms. The van der Waals surface area contributed by atoms with Crippen LogP contribution in [0.1, 0.15) is 12.5 Å². The predicted molar refractivity (Wildman–Crippen MR) is 63.6 cm³/mol. The average Bonchev–Trinajstić information content (AvgIpc) is 2.86. The first kappa shape index (κ1) is 13.2. The topological polar surface area (TPSA) is 55.1 Å². The van der Waals surface area contributed by atoms with Gasteiger partial charge in [0.2, 0.25) is 0 Å². The number of aliphatic carboxylic acids is 1. The molecule has 0 aliphatic heterocycles. The largest absolute Gasteiger partial charge is 0.479 e. The third-order valence-corrected chi connectivity index (χ3v) is 3.08. The van der Waals surface area contributed by atoms with Gasteiger partial charge in [0, 0.05) is 24.9 Å². The maximum absolute atomic E-state index is 13.6. The van der Waals surface area contributed by atoms with Gasteiger partial charge >= 0.3 is 5.97 Å². The smallest absolute Gasteiger partial charge is 0.329 e. The lowest BCUT2D eigenvalue weighted by Gasteiger charge is -2.26. The van der Waals surface area contributed by atoms with Crippen LogP contribution in [-0.2, 0) is 16.8 Å². The molecule has 1 atom stereocenters. The monoisotopic (exact) mass is 266 g/mol. The molecule has 0 radical (unpaired) electrons. The second-order valence-electron chi connectivity index (χ2n) is 4.46. The highest BCUT2D eigenvalue weighted by Crippen LogP contribution is 2.24. The molecule has 0 saturated heterocycles. The SMILES string of the molecule is CC(Cc1ccc(F)cc1F)(C(=O)O)n1ccnc1. The quantitative estimate of drug-likeness (QED) is 0.923. The van der Waals surface area contributed by atoms with Crippen molar-refractivity contribution < 1.29 is 18.7 Å². The van der Waals surface area contributed by atoms with Crippen LogP contribution in [-0.4, -0.2) is 20.6 Å². The molecule has 0 bridgehead atoms. The van der Waals surface area contributed by atoms with Crippen LogP contribution in [0.4, 0.5) is 8.78 Å². The van der Waals surface area contributed by atoms with Crippen LogP contribution in [0.3, 0.4) is 0 Å². The molecule has 2 rings (SSSR count). The Hall–Kier alpha value is -2.24. The van der Waals surface area contributed by atoms with E-state index in [1.807, 2.05) is 0 Å². The molecule has 1 aromatic carbocycles. The number of carboxylic acids is 1. The van der Waals surface area contributed by atoms with Crippen LogP contribution in [0, 0.1) is 11.6 Å². The summed E-state index contributed by atoms with van der Waals surface area (Å²) < 4.78 is 27.9. The summed E-state index contributed by atoms with van der Waals surface area (Å²) in [6.07, 6.45) is 4.19. The van der Waals surface area contributed by atoms with E-state index in [4.69, 9.17) is 0 Å². The second-order valence-corrected chi connectivity index (χ2v) is 4.46. The third kappa shape index (κ3) is 2.47. The van der Waals surface area contributed by atoms with E-state index in [2.05, 4.69) is 4.98 Å². The van der Waals surface area contributed by atoms with Crippen LogP contribution in [0.15, 0.2) is 36.9 Å². The number of benzene rings is 1. The van der Waals surface area contributed by atoms with Crippen LogP contribution in [0.2, 0.25) is 0 Å². The number of rotatable bonds is 4. The summed E-state index contributed by atoms with van der Waals surface area (Å²) in [6, 6.07) is 3.10. The summed E-state index contributed by atoms with van der Waals surface area (Å²) in [6.45, 7) is 1.46. The van der Waals surface area contributed by atoms with Gasteiger partial charge in [0.1, 0.15) is 17.2 Å². The Morgan fingerprint density at radius 1 is 1.47 bits per heavy atom. The van der Waals surface area contributed by atoms with Crippen molar-refractivity contribution in [1.82, 2.24) is 9.55 Å². The van der Waals surface area contributed by atoms with Crippen molar-refractivity contribution in [3.8, 4) is 0 Å². The number of halogens is 2. The van der Waals surface area contributed by atoms with E-state index in [9.17, 15) is 18.7 Å². The average molecular weight is 266 g/mol. The highest BCUT2D eigenvalue weighted by molar-refractivity contribution is 5.76. The van der Waals surface area contributed by atoms with E-state index in [-0.39, 0.29) is 12.0 Å². The zero-order chi connectivity index (χ0) is 14.0. The lowest BCUT2D eigenvalue weighted by atomic mass is 9.92. The van der Waals surface area contributed by atoms with Gasteiger partial charge in [-0.3, -0.25) is 0 Å². The molecule has 0 fully saturated rings. The van der Waals surface area contributed by atoms with Gasteiger partial charge in [-0.2, -0.15) is 0 Å². The molecular formula is C13H12F2N2O2. The second kappa shape index (κ2) is 4.79. The lowest BCUT2D eigenvalue weighted by Crippen LogP contribution is -2.40. The fourth-order valence-corrected chi connectivity index (χ4v) is 1.86. The molecule has 2 aromatic rings. The minimum atomic E-state index is -1.38. The van der Waals surface area contributed by atoms with Crippen LogP contribution in [0.25, 0.3) is 0 Å². The molecular weight excluding hydrogens is 254 g/mol. The van der Waals surface area contributed by atoms with E-state index in [0.717, 1.165) is 12.1 Å². The Bertz CT molecular complexity index is 599. The fourth-order valence-electron chi connectivity index (χ4n) is 1.86. The summed E-state index contributed by atoms with van der Waals surface area (Å²) >= 11 is 0. The molecule has 19 heavy (non-hydrogen) atoms. The van der Waals surface area contributed by atoms with Crippen LogP contribution in [0.5, 0.6) is 0 Å². The number of hydrogen-bond donors (Lipinski definition) is 1. The predicted octanol–water partition coefficient (Wildman–Crippen LogP) is 2.20. The van der Waals surface area contributed by atoms with E-state index in [0.29, 0.717) is 0 Å². The van der Waals surface area contributed by atoms with Gasteiger partial charge in [-0.1, -0.05) is 6.07 Å². The minimum absolute atomic E-state index is 0.106. The summed E-state index contributed by atoms with van der Waals surface area (Å²) in [7, 11) is 0. The molecule has 1 N–H and O–H groups in total. The number of imidazole rings is 1. The number of nitrogens with zero attached hydrogens (tertiary/aromatic N) is 2. The molecule has 0 saturated carbocycles. The van der Waals surface area contributed by atoms with Crippen molar-refractivity contribution in [1.29, 1.82) is 0 Å². The molecule has 0 aliphatic carbocycles. The highest BCUT2D eigenvalue weighted by atomic mass is 19.1. The molecule has 0 amide bonds. The van der Waals surface area contributed by atoms with Gasteiger partial charge in [0.25, 0.3) is 0 Å². The molecule has 100 valence electrons. The molecule has 0 aliphatic rings. The van der Waals surface area contributed by atoms with Crippen molar-refractivity contribution >= 4 is 5.97 Å². The maximum Gasteiger partial charge on any atom is 0.329 e. The molecule has 1 unspecified atom stereocenters. The maximum atomic E-state index is 13.6. The summed E-state index contributed by atoms with van der Waals surface area (Å²) in [5.41, 5.74) is -1.24. The lowest BCUT2D eigenvalue weighted by molar-refractivity contribution is -0.146. The Labute approximate surface area is 108 Å². The van der Waals surface area contributed by atoms with E-state index in [1.54, 1.807) is 0 Å². The third-order valence-electron chi connectivity index (χ3n) is 3.08. The highest BCUT2D eigenvalue weighted by Gasteiger charge is 2.35. The zero-order valence-electron chi connectivity index (χ0n) is 10.2. The molecule has 1 aromatic heterocycles. The van der Waals surface area contributed by atoms with Gasteiger partial charge in [-0.25, -0.2) is 18.6 Å². The Kier molecular flexibility index (Phi) is 3.33. The van der Waals surface area contributed by atoms with Crippen LogP contribution < -0.4 is 0 Å². The van der Waals surface area contributed by atoms with E-state index >= 15 is 0 Å². The summed E-state index contributed by atoms with van der Waals surface area (Å²) in [4.78, 5) is 15.3. The number of aromatic nitrogens is 2. The van der Waals surface area contributed by atoms with Crippen molar-refractivity contribution in [2.45, 2.75) is 18.9 Å². The van der Waals surface area contributed by atoms with E-state index in [1.165, 1.54) is 36.3 Å². The van der Waals surface area contributed by atoms with Gasteiger partial charge in [-0.05, 0) is 18.6 Å².